The van der Waals surface area contributed by atoms with Crippen LogP contribution in [0.3, 0.4) is 0 Å². The largest absolute Gasteiger partial charge is 0.432 e. The van der Waals surface area contributed by atoms with Gasteiger partial charge in [-0.1, -0.05) is 57.6 Å². The molecular weight excluding hydrogens is 531 g/mol. The lowest BCUT2D eigenvalue weighted by molar-refractivity contribution is -0.224. The van der Waals surface area contributed by atoms with Gasteiger partial charge < -0.3 is 4.74 Å². The van der Waals surface area contributed by atoms with E-state index >= 15 is 8.78 Å². The maximum Gasteiger partial charge on any atom is 0.400 e. The molecule has 0 aliphatic heterocycles. The lowest BCUT2D eigenvalue weighted by Gasteiger charge is -2.42. The fraction of sp³-hybridized carbons (Fsp3) is 0.649. The standard InChI is InChI=1S/C37H48F3NO/c1-2-3-4-5-26-6-10-28(11-7-26)29-14-16-30(17-15-29)31-18-20-33(21-19-31)37(39,40)42-34-22-23-35(36(38)24-34)32-12-8-27(25-41)9-13-32/h8-9,12-13,22-24,26,28-31,33H,2-7,10-11,14-21H2,1H3. The van der Waals surface area contributed by atoms with Crippen LogP contribution >= 0.6 is 0 Å². The predicted molar refractivity (Wildman–Crippen MR) is 163 cm³/mol. The van der Waals surface area contributed by atoms with E-state index in [4.69, 9.17) is 10.00 Å². The fourth-order valence-electron chi connectivity index (χ4n) is 8.40. The van der Waals surface area contributed by atoms with Crippen LogP contribution < -0.4 is 4.74 Å². The lowest BCUT2D eigenvalue weighted by atomic mass is 9.65. The van der Waals surface area contributed by atoms with Crippen LogP contribution in [0.5, 0.6) is 5.75 Å². The molecule has 0 bridgehead atoms. The van der Waals surface area contributed by atoms with Crippen LogP contribution in [0.25, 0.3) is 11.1 Å². The summed E-state index contributed by atoms with van der Waals surface area (Å²) in [5.74, 6) is 2.41. The Morgan fingerprint density at radius 1 is 0.762 bits per heavy atom. The molecule has 228 valence electrons. The molecular formula is C37H48F3NO. The molecule has 0 unspecified atom stereocenters. The molecule has 0 radical (unpaired) electrons. The van der Waals surface area contributed by atoms with Gasteiger partial charge in [0.05, 0.1) is 17.6 Å². The second-order valence-electron chi connectivity index (χ2n) is 13.6. The summed E-state index contributed by atoms with van der Waals surface area (Å²) in [6.07, 6.45) is 15.8. The highest BCUT2D eigenvalue weighted by Crippen LogP contribution is 2.48. The summed E-state index contributed by atoms with van der Waals surface area (Å²) in [5.41, 5.74) is 1.36. The summed E-state index contributed by atoms with van der Waals surface area (Å²) in [7, 11) is 0. The average molecular weight is 580 g/mol. The van der Waals surface area contributed by atoms with E-state index in [0.29, 0.717) is 41.4 Å². The van der Waals surface area contributed by atoms with Crippen molar-refractivity contribution in [2.45, 2.75) is 116 Å². The third-order valence-electron chi connectivity index (χ3n) is 11.0. The van der Waals surface area contributed by atoms with Crippen molar-refractivity contribution in [2.75, 3.05) is 0 Å². The summed E-state index contributed by atoms with van der Waals surface area (Å²) in [4.78, 5) is 0. The van der Waals surface area contributed by atoms with Gasteiger partial charge in [0.1, 0.15) is 11.6 Å². The van der Waals surface area contributed by atoms with E-state index in [9.17, 15) is 4.39 Å². The number of rotatable bonds is 10. The van der Waals surface area contributed by atoms with Crippen molar-refractivity contribution in [2.24, 2.45) is 35.5 Å². The molecule has 2 aromatic rings. The van der Waals surface area contributed by atoms with E-state index in [-0.39, 0.29) is 5.75 Å². The molecule has 0 aromatic heterocycles. The number of ether oxygens (including phenoxy) is 1. The molecule has 42 heavy (non-hydrogen) atoms. The van der Waals surface area contributed by atoms with Crippen molar-refractivity contribution in [3.63, 3.8) is 0 Å². The minimum Gasteiger partial charge on any atom is -0.432 e. The van der Waals surface area contributed by atoms with Gasteiger partial charge in [0.25, 0.3) is 0 Å². The maximum absolute atomic E-state index is 15.2. The van der Waals surface area contributed by atoms with Gasteiger partial charge in [0.2, 0.25) is 0 Å². The number of nitrogens with zero attached hydrogens (tertiary/aromatic N) is 1. The Morgan fingerprint density at radius 3 is 1.83 bits per heavy atom. The molecule has 3 aliphatic carbocycles. The predicted octanol–water partition coefficient (Wildman–Crippen LogP) is 11.3. The number of halogens is 3. The van der Waals surface area contributed by atoms with E-state index in [2.05, 4.69) is 6.92 Å². The van der Waals surface area contributed by atoms with Crippen LogP contribution in [0.4, 0.5) is 13.2 Å². The van der Waals surface area contributed by atoms with Gasteiger partial charge in [-0.2, -0.15) is 14.0 Å². The van der Waals surface area contributed by atoms with Crippen molar-refractivity contribution in [3.8, 4) is 22.9 Å². The highest BCUT2D eigenvalue weighted by Gasteiger charge is 2.45. The Bertz CT molecular complexity index is 1160. The molecule has 5 heteroatoms. The van der Waals surface area contributed by atoms with Crippen LogP contribution in [0.15, 0.2) is 42.5 Å². The lowest BCUT2D eigenvalue weighted by Crippen LogP contribution is -2.38. The molecule has 2 nitrogen and oxygen atoms in total. The molecule has 0 amide bonds. The SMILES string of the molecule is CCCCCC1CCC(C2CCC(C3CCC(C(F)(F)Oc4ccc(-c5ccc(C#N)cc5)c(F)c4)CC3)CC2)CC1. The van der Waals surface area contributed by atoms with Crippen LogP contribution in [-0.2, 0) is 0 Å². The minimum atomic E-state index is -3.32. The van der Waals surface area contributed by atoms with Gasteiger partial charge in [-0.25, -0.2) is 4.39 Å². The molecule has 3 aliphatic rings. The molecule has 0 saturated heterocycles. The van der Waals surface area contributed by atoms with Crippen molar-refractivity contribution in [3.05, 3.63) is 53.8 Å². The number of benzene rings is 2. The summed E-state index contributed by atoms with van der Waals surface area (Å²) in [6.45, 7) is 2.29. The van der Waals surface area contributed by atoms with Gasteiger partial charge in [-0.05, 0) is 124 Å². The number of hydrogen-bond acceptors (Lipinski definition) is 2. The van der Waals surface area contributed by atoms with E-state index in [1.807, 2.05) is 6.07 Å². The molecule has 2 aromatic carbocycles. The molecule has 0 N–H and O–H groups in total. The summed E-state index contributed by atoms with van der Waals surface area (Å²) < 4.78 is 50.4. The van der Waals surface area contributed by atoms with Crippen LogP contribution in [0, 0.1) is 52.7 Å². The third kappa shape index (κ3) is 7.72. The molecule has 3 fully saturated rings. The van der Waals surface area contributed by atoms with Crippen molar-refractivity contribution < 1.29 is 17.9 Å². The summed E-state index contributed by atoms with van der Waals surface area (Å²) >= 11 is 0. The van der Waals surface area contributed by atoms with Gasteiger partial charge in [-0.3, -0.25) is 0 Å². The third-order valence-corrected chi connectivity index (χ3v) is 11.0. The Hall–Kier alpha value is -2.48. The number of unbranched alkanes of at least 4 members (excludes halogenated alkanes) is 2. The minimum absolute atomic E-state index is 0.148. The molecule has 5 rings (SSSR count). The van der Waals surface area contributed by atoms with Gasteiger partial charge >= 0.3 is 6.11 Å². The summed E-state index contributed by atoms with van der Waals surface area (Å²) in [5, 5.41) is 8.96. The van der Waals surface area contributed by atoms with Crippen LogP contribution in [0.2, 0.25) is 0 Å². The first-order valence-electron chi connectivity index (χ1n) is 16.7. The van der Waals surface area contributed by atoms with E-state index in [1.165, 1.54) is 89.2 Å². The van der Waals surface area contributed by atoms with E-state index < -0.39 is 17.8 Å². The Balaban J connectivity index is 1.06. The smallest absolute Gasteiger partial charge is 0.400 e. The molecule has 3 saturated carbocycles. The van der Waals surface area contributed by atoms with Gasteiger partial charge in [0, 0.05) is 11.6 Å². The van der Waals surface area contributed by atoms with Crippen LogP contribution in [-0.4, -0.2) is 6.11 Å². The van der Waals surface area contributed by atoms with Crippen molar-refractivity contribution in [1.82, 2.24) is 0 Å². The normalized spacial score (nSPS) is 28.6. The maximum atomic E-state index is 15.2. The highest BCUT2D eigenvalue weighted by molar-refractivity contribution is 5.65. The quantitative estimate of drug-likeness (QED) is 0.262. The zero-order valence-corrected chi connectivity index (χ0v) is 25.3. The highest BCUT2D eigenvalue weighted by atomic mass is 19.3. The Morgan fingerprint density at radius 2 is 1.31 bits per heavy atom. The topological polar surface area (TPSA) is 33.0 Å². The van der Waals surface area contributed by atoms with E-state index in [1.54, 1.807) is 24.3 Å². The molecule has 0 heterocycles. The second kappa shape index (κ2) is 14.3. The van der Waals surface area contributed by atoms with Crippen molar-refractivity contribution >= 4 is 0 Å². The van der Waals surface area contributed by atoms with E-state index in [0.717, 1.165) is 36.7 Å². The Kier molecular flexibility index (Phi) is 10.6. The first-order valence-corrected chi connectivity index (χ1v) is 16.7. The van der Waals surface area contributed by atoms with Crippen molar-refractivity contribution in [1.29, 1.82) is 5.26 Å². The first-order chi connectivity index (χ1) is 20.4. The Labute approximate surface area is 251 Å². The second-order valence-corrected chi connectivity index (χ2v) is 13.6. The van der Waals surface area contributed by atoms with Crippen LogP contribution in [0.1, 0.15) is 115 Å². The van der Waals surface area contributed by atoms with Gasteiger partial charge in [-0.15, -0.1) is 0 Å². The number of hydrogen-bond donors (Lipinski definition) is 0. The summed E-state index contributed by atoms with van der Waals surface area (Å²) in [6, 6.07) is 12.5. The first kappa shape index (κ1) is 31.0. The molecule has 0 spiro atoms. The number of nitriles is 1. The molecule has 0 atom stereocenters. The average Bonchev–Trinajstić information content (AvgIpc) is 3.02. The van der Waals surface area contributed by atoms with Gasteiger partial charge in [0.15, 0.2) is 0 Å². The zero-order chi connectivity index (χ0) is 29.5. The number of alkyl halides is 2. The fourth-order valence-corrected chi connectivity index (χ4v) is 8.40. The zero-order valence-electron chi connectivity index (χ0n) is 25.3. The monoisotopic (exact) mass is 579 g/mol.